The molecule has 0 aliphatic heterocycles. The average Bonchev–Trinajstić information content (AvgIpc) is 3.05. The number of aliphatic imine (C=N–C) groups is 1. The van der Waals surface area contributed by atoms with Gasteiger partial charge in [-0.05, 0) is 62.4 Å². The predicted molar refractivity (Wildman–Crippen MR) is 120 cm³/mol. The van der Waals surface area contributed by atoms with Crippen molar-refractivity contribution in [3.8, 4) is 5.69 Å². The minimum absolute atomic E-state index is 0.214. The number of halogens is 1. The van der Waals surface area contributed by atoms with Crippen molar-refractivity contribution >= 4 is 23.2 Å². The maximum Gasteiger partial charge on any atom is 0.280 e. The predicted octanol–water partition coefficient (Wildman–Crippen LogP) is 5.91. The van der Waals surface area contributed by atoms with E-state index in [1.807, 2.05) is 56.3 Å². The molecule has 0 fully saturated rings. The van der Waals surface area contributed by atoms with E-state index in [4.69, 9.17) is 4.99 Å². The van der Waals surface area contributed by atoms with Gasteiger partial charge in [0.15, 0.2) is 0 Å². The van der Waals surface area contributed by atoms with Crippen molar-refractivity contribution in [1.82, 2.24) is 9.78 Å². The molecule has 0 atom stereocenters. The Hall–Kier alpha value is -3.38. The van der Waals surface area contributed by atoms with Crippen LogP contribution in [0.15, 0.2) is 98.4 Å². The number of hydrogen-bond donors (Lipinski definition) is 1. The molecule has 0 amide bonds. The second-order valence-electron chi connectivity index (χ2n) is 6.81. The Morgan fingerprint density at radius 1 is 0.967 bits per heavy atom. The van der Waals surface area contributed by atoms with Crippen molar-refractivity contribution in [2.24, 2.45) is 4.99 Å². The number of aromatic nitrogens is 2. The first kappa shape index (κ1) is 19.9. The summed E-state index contributed by atoms with van der Waals surface area (Å²) >= 11 is 1.63. The van der Waals surface area contributed by atoms with Crippen LogP contribution in [0.2, 0.25) is 0 Å². The van der Waals surface area contributed by atoms with E-state index in [1.54, 1.807) is 23.9 Å². The van der Waals surface area contributed by atoms with Crippen LogP contribution in [0.4, 0.5) is 10.1 Å². The smallest absolute Gasteiger partial charge is 0.280 e. The summed E-state index contributed by atoms with van der Waals surface area (Å²) in [7, 11) is 0. The van der Waals surface area contributed by atoms with E-state index < -0.39 is 0 Å². The van der Waals surface area contributed by atoms with Gasteiger partial charge in [0, 0.05) is 15.5 Å². The van der Waals surface area contributed by atoms with Crippen LogP contribution in [0, 0.1) is 12.7 Å². The number of nitrogens with one attached hydrogen (secondary N) is 1. The summed E-state index contributed by atoms with van der Waals surface area (Å²) in [6, 6.07) is 23.7. The fourth-order valence-electron chi connectivity index (χ4n) is 3.23. The van der Waals surface area contributed by atoms with Gasteiger partial charge in [0.2, 0.25) is 0 Å². The molecule has 1 aromatic heterocycles. The van der Waals surface area contributed by atoms with Gasteiger partial charge in [-0.1, -0.05) is 42.1 Å². The molecule has 150 valence electrons. The van der Waals surface area contributed by atoms with Gasteiger partial charge in [0.25, 0.3) is 5.56 Å². The summed E-state index contributed by atoms with van der Waals surface area (Å²) in [5, 5.41) is 3.07. The maximum absolute atomic E-state index is 13.2. The molecule has 0 bridgehead atoms. The molecule has 0 aliphatic rings. The van der Waals surface area contributed by atoms with E-state index >= 15 is 0 Å². The quantitative estimate of drug-likeness (QED) is 0.411. The summed E-state index contributed by atoms with van der Waals surface area (Å²) in [6.07, 6.45) is 0. The Labute approximate surface area is 178 Å². The number of aryl methyl sites for hydroxylation is 1. The van der Waals surface area contributed by atoms with Gasteiger partial charge in [0.05, 0.1) is 22.6 Å². The highest BCUT2D eigenvalue weighted by molar-refractivity contribution is 7.99. The summed E-state index contributed by atoms with van der Waals surface area (Å²) < 4.78 is 14.6. The van der Waals surface area contributed by atoms with Gasteiger partial charge in [-0.15, -0.1) is 0 Å². The van der Waals surface area contributed by atoms with Gasteiger partial charge in [-0.25, -0.2) is 9.07 Å². The van der Waals surface area contributed by atoms with Crippen LogP contribution in [0.25, 0.3) is 5.69 Å². The third-order valence-corrected chi connectivity index (χ3v) is 5.72. The molecule has 4 aromatic rings. The number of hydrogen-bond acceptors (Lipinski definition) is 3. The highest BCUT2D eigenvalue weighted by Crippen LogP contribution is 2.35. The van der Waals surface area contributed by atoms with Gasteiger partial charge in [-0.3, -0.25) is 14.9 Å². The Balaban J connectivity index is 1.71. The molecular weight excluding hydrogens is 397 g/mol. The largest absolute Gasteiger partial charge is 0.295 e. The molecule has 4 rings (SSSR count). The zero-order chi connectivity index (χ0) is 21.1. The Morgan fingerprint density at radius 3 is 2.37 bits per heavy atom. The molecule has 1 heterocycles. The van der Waals surface area contributed by atoms with E-state index in [1.165, 1.54) is 16.8 Å². The minimum Gasteiger partial charge on any atom is -0.295 e. The van der Waals surface area contributed by atoms with Crippen molar-refractivity contribution in [2.75, 3.05) is 0 Å². The lowest BCUT2D eigenvalue weighted by molar-refractivity contribution is 0.627. The molecule has 0 saturated heterocycles. The lowest BCUT2D eigenvalue weighted by Crippen LogP contribution is -2.19. The van der Waals surface area contributed by atoms with Crippen molar-refractivity contribution in [1.29, 1.82) is 0 Å². The molecule has 6 heteroatoms. The number of rotatable bonds is 5. The van der Waals surface area contributed by atoms with E-state index in [9.17, 15) is 9.18 Å². The molecule has 4 nitrogen and oxygen atoms in total. The first-order chi connectivity index (χ1) is 14.5. The number of nitrogens with zero attached hydrogens (tertiary/aromatic N) is 2. The molecule has 0 aliphatic carbocycles. The second-order valence-corrected chi connectivity index (χ2v) is 7.92. The molecule has 1 N–H and O–H groups in total. The standard InChI is InChI=1S/C24H20FN3OS/c1-16(23-17(2)27-28(24(23)29)19-14-12-18(25)13-15-19)26-21-10-6-7-11-22(21)30-20-8-4-3-5-9-20/h3-15,27H,1-2H3. The summed E-state index contributed by atoms with van der Waals surface area (Å²) in [4.78, 5) is 19.9. The molecule has 30 heavy (non-hydrogen) atoms. The van der Waals surface area contributed by atoms with E-state index in [0.717, 1.165) is 15.5 Å². The monoisotopic (exact) mass is 417 g/mol. The van der Waals surface area contributed by atoms with Crippen LogP contribution >= 0.6 is 11.8 Å². The van der Waals surface area contributed by atoms with Gasteiger partial charge >= 0.3 is 0 Å². The highest BCUT2D eigenvalue weighted by Gasteiger charge is 2.16. The Bertz CT molecular complexity index is 1260. The molecule has 0 unspecified atom stereocenters. The Morgan fingerprint density at radius 2 is 1.63 bits per heavy atom. The fourth-order valence-corrected chi connectivity index (χ4v) is 4.14. The van der Waals surface area contributed by atoms with Crippen LogP contribution in [0.1, 0.15) is 18.2 Å². The van der Waals surface area contributed by atoms with Gasteiger partial charge < -0.3 is 0 Å². The maximum atomic E-state index is 13.2. The third-order valence-electron chi connectivity index (χ3n) is 4.64. The molecule has 0 radical (unpaired) electrons. The average molecular weight is 418 g/mol. The molecule has 3 aromatic carbocycles. The molecular formula is C24H20FN3OS. The molecule has 0 spiro atoms. The SMILES string of the molecule is CC(=Nc1ccccc1Sc1ccccc1)c1c(C)[nH]n(-c2ccc(F)cc2)c1=O. The zero-order valence-electron chi connectivity index (χ0n) is 16.6. The van der Waals surface area contributed by atoms with Gasteiger partial charge in [0.1, 0.15) is 5.82 Å². The first-order valence-corrected chi connectivity index (χ1v) is 10.3. The number of para-hydroxylation sites is 1. The van der Waals surface area contributed by atoms with Crippen LogP contribution in [-0.2, 0) is 0 Å². The second kappa shape index (κ2) is 8.55. The van der Waals surface area contributed by atoms with Crippen LogP contribution in [-0.4, -0.2) is 15.5 Å². The van der Waals surface area contributed by atoms with E-state index in [0.29, 0.717) is 22.7 Å². The van der Waals surface area contributed by atoms with Crippen molar-refractivity contribution < 1.29 is 4.39 Å². The highest BCUT2D eigenvalue weighted by atomic mass is 32.2. The van der Waals surface area contributed by atoms with E-state index in [-0.39, 0.29) is 11.4 Å². The van der Waals surface area contributed by atoms with Crippen LogP contribution in [0.3, 0.4) is 0 Å². The van der Waals surface area contributed by atoms with Gasteiger partial charge in [-0.2, -0.15) is 0 Å². The zero-order valence-corrected chi connectivity index (χ0v) is 17.4. The first-order valence-electron chi connectivity index (χ1n) is 9.48. The summed E-state index contributed by atoms with van der Waals surface area (Å²) in [6.45, 7) is 3.66. The summed E-state index contributed by atoms with van der Waals surface area (Å²) in [5.41, 5.74) is 3.00. The van der Waals surface area contributed by atoms with E-state index in [2.05, 4.69) is 17.2 Å². The number of benzene rings is 3. The lowest BCUT2D eigenvalue weighted by atomic mass is 10.1. The topological polar surface area (TPSA) is 50.1 Å². The van der Waals surface area contributed by atoms with Crippen LogP contribution < -0.4 is 5.56 Å². The molecule has 0 saturated carbocycles. The van der Waals surface area contributed by atoms with Crippen LogP contribution in [0.5, 0.6) is 0 Å². The van der Waals surface area contributed by atoms with Crippen molar-refractivity contribution in [2.45, 2.75) is 23.6 Å². The number of aromatic amines is 1. The minimum atomic E-state index is -0.347. The lowest BCUT2D eigenvalue weighted by Gasteiger charge is -2.06. The van der Waals surface area contributed by atoms with Crippen molar-refractivity contribution in [3.05, 3.63) is 106 Å². The van der Waals surface area contributed by atoms with Crippen molar-refractivity contribution in [3.63, 3.8) is 0 Å². The number of H-pyrrole nitrogens is 1. The fraction of sp³-hybridized carbons (Fsp3) is 0.0833. The Kier molecular flexibility index (Phi) is 5.68. The summed E-state index contributed by atoms with van der Waals surface area (Å²) in [5.74, 6) is -0.347. The normalized spacial score (nSPS) is 11.6. The third kappa shape index (κ3) is 4.14.